The Morgan fingerprint density at radius 2 is 1.93 bits per heavy atom. The molecule has 3 aromatic rings. The minimum Gasteiger partial charge on any atom is -0.360 e. The second-order valence-electron chi connectivity index (χ2n) is 6.02. The minimum absolute atomic E-state index is 0.00720. The number of hydrogen-bond acceptors (Lipinski definition) is 4. The van der Waals surface area contributed by atoms with Gasteiger partial charge in [-0.2, -0.15) is 0 Å². The van der Waals surface area contributed by atoms with Crippen LogP contribution in [0.25, 0.3) is 11.3 Å². The molecule has 0 radical (unpaired) electrons. The molecular weight excluding hydrogens is 385 g/mol. The van der Waals surface area contributed by atoms with Gasteiger partial charge in [0, 0.05) is 19.2 Å². The molecule has 0 atom stereocenters. The first-order valence-electron chi connectivity index (χ1n) is 8.42. The van der Waals surface area contributed by atoms with Crippen molar-refractivity contribution in [2.45, 2.75) is 13.5 Å². The Labute approximate surface area is 165 Å². The average molecular weight is 402 g/mol. The number of carbonyl (C=O) groups is 2. The van der Waals surface area contributed by atoms with Crippen molar-refractivity contribution >= 4 is 23.4 Å². The highest BCUT2D eigenvalue weighted by Gasteiger charge is 2.25. The molecule has 0 aliphatic carbocycles. The van der Waals surface area contributed by atoms with E-state index in [9.17, 15) is 14.0 Å². The van der Waals surface area contributed by atoms with E-state index in [0.29, 0.717) is 5.56 Å². The van der Waals surface area contributed by atoms with Crippen molar-refractivity contribution in [3.8, 4) is 11.3 Å². The quantitative estimate of drug-likeness (QED) is 0.682. The molecule has 0 fully saturated rings. The van der Waals surface area contributed by atoms with E-state index in [1.807, 2.05) is 0 Å². The molecule has 144 valence electrons. The van der Waals surface area contributed by atoms with E-state index in [0.717, 1.165) is 5.56 Å². The Morgan fingerprint density at radius 3 is 2.64 bits per heavy atom. The van der Waals surface area contributed by atoms with Gasteiger partial charge in [-0.1, -0.05) is 35.0 Å². The molecular formula is C20H17ClFN3O3. The Kier molecular flexibility index (Phi) is 5.75. The van der Waals surface area contributed by atoms with Crippen molar-refractivity contribution in [3.63, 3.8) is 0 Å². The predicted octanol–water partition coefficient (Wildman–Crippen LogP) is 3.73. The van der Waals surface area contributed by atoms with Crippen molar-refractivity contribution in [1.82, 2.24) is 15.8 Å². The van der Waals surface area contributed by atoms with E-state index in [4.69, 9.17) is 16.1 Å². The Hall–Kier alpha value is -3.19. The summed E-state index contributed by atoms with van der Waals surface area (Å²) in [7, 11) is 1.54. The van der Waals surface area contributed by atoms with E-state index < -0.39 is 11.7 Å². The first-order valence-corrected chi connectivity index (χ1v) is 8.80. The number of aromatic nitrogens is 1. The first-order chi connectivity index (χ1) is 13.4. The van der Waals surface area contributed by atoms with Gasteiger partial charge in [0.2, 0.25) is 0 Å². The first kappa shape index (κ1) is 19.6. The summed E-state index contributed by atoms with van der Waals surface area (Å²) in [6.07, 6.45) is 0. The van der Waals surface area contributed by atoms with Gasteiger partial charge >= 0.3 is 0 Å². The van der Waals surface area contributed by atoms with Crippen LogP contribution in [0.15, 0.2) is 47.0 Å². The standard InChI is InChI=1S/C20H17ClFN3O3/c1-11-16(18(25-28-11)17-14(21)7-4-8-15(17)22)20(27)24-10-12-5-3-6-13(9-12)19(26)23-2/h3-9H,10H2,1-2H3,(H,23,26)(H,24,27). The van der Waals surface area contributed by atoms with Crippen LogP contribution >= 0.6 is 11.6 Å². The number of amides is 2. The van der Waals surface area contributed by atoms with Gasteiger partial charge in [-0.3, -0.25) is 9.59 Å². The van der Waals surface area contributed by atoms with E-state index >= 15 is 0 Å². The van der Waals surface area contributed by atoms with Crippen molar-refractivity contribution in [1.29, 1.82) is 0 Å². The molecule has 8 heteroatoms. The summed E-state index contributed by atoms with van der Waals surface area (Å²) in [6.45, 7) is 1.73. The normalized spacial score (nSPS) is 10.6. The number of rotatable bonds is 5. The molecule has 6 nitrogen and oxygen atoms in total. The summed E-state index contributed by atoms with van der Waals surface area (Å²) in [5.41, 5.74) is 1.36. The Bertz CT molecular complexity index is 1030. The number of benzene rings is 2. The van der Waals surface area contributed by atoms with Crippen LogP contribution in [0.3, 0.4) is 0 Å². The minimum atomic E-state index is -0.604. The van der Waals surface area contributed by atoms with Gasteiger partial charge in [0.05, 0.1) is 10.6 Å². The lowest BCUT2D eigenvalue weighted by Crippen LogP contribution is -2.24. The highest BCUT2D eigenvalue weighted by molar-refractivity contribution is 6.33. The second kappa shape index (κ2) is 8.22. The number of nitrogens with zero attached hydrogens (tertiary/aromatic N) is 1. The fraction of sp³-hybridized carbons (Fsp3) is 0.150. The highest BCUT2D eigenvalue weighted by Crippen LogP contribution is 2.33. The third kappa shape index (κ3) is 3.89. The lowest BCUT2D eigenvalue weighted by atomic mass is 10.0. The third-order valence-corrected chi connectivity index (χ3v) is 4.47. The molecule has 0 aliphatic rings. The van der Waals surface area contributed by atoms with Gasteiger partial charge in [-0.25, -0.2) is 4.39 Å². The van der Waals surface area contributed by atoms with Crippen LogP contribution in [0.4, 0.5) is 4.39 Å². The van der Waals surface area contributed by atoms with Crippen LogP contribution in [-0.4, -0.2) is 24.0 Å². The number of halogens is 2. The number of hydrogen-bond donors (Lipinski definition) is 2. The topological polar surface area (TPSA) is 84.2 Å². The maximum atomic E-state index is 14.3. The van der Waals surface area contributed by atoms with Crippen LogP contribution in [0, 0.1) is 12.7 Å². The molecule has 0 saturated carbocycles. The fourth-order valence-corrected chi connectivity index (χ4v) is 3.02. The van der Waals surface area contributed by atoms with E-state index in [1.54, 1.807) is 38.2 Å². The number of carbonyl (C=O) groups excluding carboxylic acids is 2. The van der Waals surface area contributed by atoms with Crippen molar-refractivity contribution in [2.24, 2.45) is 0 Å². The Balaban J connectivity index is 1.85. The third-order valence-electron chi connectivity index (χ3n) is 4.16. The van der Waals surface area contributed by atoms with Gasteiger partial charge in [0.25, 0.3) is 11.8 Å². The summed E-state index contributed by atoms with van der Waals surface area (Å²) >= 11 is 6.09. The molecule has 0 unspecified atom stereocenters. The molecule has 28 heavy (non-hydrogen) atoms. The summed E-state index contributed by atoms with van der Waals surface area (Å²) in [5.74, 6) is -1.07. The zero-order valence-electron chi connectivity index (χ0n) is 15.2. The zero-order valence-corrected chi connectivity index (χ0v) is 15.9. The van der Waals surface area contributed by atoms with Crippen molar-refractivity contribution < 1.29 is 18.5 Å². The summed E-state index contributed by atoms with van der Waals surface area (Å²) in [4.78, 5) is 24.5. The van der Waals surface area contributed by atoms with E-state index in [1.165, 1.54) is 18.2 Å². The van der Waals surface area contributed by atoms with Gasteiger partial charge in [0.15, 0.2) is 0 Å². The highest BCUT2D eigenvalue weighted by atomic mass is 35.5. The van der Waals surface area contributed by atoms with Gasteiger partial charge in [0.1, 0.15) is 22.8 Å². The van der Waals surface area contributed by atoms with Crippen LogP contribution in [-0.2, 0) is 6.54 Å². The monoisotopic (exact) mass is 401 g/mol. The second-order valence-corrected chi connectivity index (χ2v) is 6.43. The summed E-state index contributed by atoms with van der Waals surface area (Å²) < 4.78 is 19.4. The number of nitrogens with one attached hydrogen (secondary N) is 2. The average Bonchev–Trinajstić information content (AvgIpc) is 3.06. The van der Waals surface area contributed by atoms with E-state index in [-0.39, 0.29) is 40.1 Å². The number of aryl methyl sites for hydroxylation is 1. The Morgan fingerprint density at radius 1 is 1.18 bits per heavy atom. The maximum Gasteiger partial charge on any atom is 0.257 e. The molecule has 2 N–H and O–H groups in total. The molecule has 0 aliphatic heterocycles. The molecule has 0 saturated heterocycles. The zero-order chi connectivity index (χ0) is 20.3. The lowest BCUT2D eigenvalue weighted by molar-refractivity contribution is 0.0947. The summed E-state index contributed by atoms with van der Waals surface area (Å²) in [6, 6.07) is 11.1. The molecule has 2 amide bonds. The van der Waals surface area contributed by atoms with Gasteiger partial charge in [-0.05, 0) is 36.8 Å². The van der Waals surface area contributed by atoms with E-state index in [2.05, 4.69) is 15.8 Å². The molecule has 2 aromatic carbocycles. The van der Waals surface area contributed by atoms with Crippen molar-refractivity contribution in [2.75, 3.05) is 7.05 Å². The van der Waals surface area contributed by atoms with Crippen LogP contribution in [0.2, 0.25) is 5.02 Å². The van der Waals surface area contributed by atoms with Crippen LogP contribution in [0.1, 0.15) is 32.0 Å². The maximum absolute atomic E-state index is 14.3. The van der Waals surface area contributed by atoms with Crippen LogP contribution in [0.5, 0.6) is 0 Å². The molecule has 1 heterocycles. The fourth-order valence-electron chi connectivity index (χ4n) is 2.77. The van der Waals surface area contributed by atoms with Crippen molar-refractivity contribution in [3.05, 3.63) is 75.8 Å². The SMILES string of the molecule is CNC(=O)c1cccc(CNC(=O)c2c(-c3c(F)cccc3Cl)noc2C)c1. The smallest absolute Gasteiger partial charge is 0.257 e. The van der Waals surface area contributed by atoms with Gasteiger partial charge in [-0.15, -0.1) is 0 Å². The van der Waals surface area contributed by atoms with Crippen LogP contribution < -0.4 is 10.6 Å². The largest absolute Gasteiger partial charge is 0.360 e. The van der Waals surface area contributed by atoms with Gasteiger partial charge < -0.3 is 15.2 Å². The molecule has 1 aromatic heterocycles. The lowest BCUT2D eigenvalue weighted by Gasteiger charge is -2.08. The summed E-state index contributed by atoms with van der Waals surface area (Å²) in [5, 5.41) is 9.23. The predicted molar refractivity (Wildman–Crippen MR) is 103 cm³/mol. The molecule has 0 spiro atoms. The molecule has 3 rings (SSSR count). The molecule has 0 bridgehead atoms.